The van der Waals surface area contributed by atoms with Crippen molar-refractivity contribution in [3.8, 4) is 0 Å². The van der Waals surface area contributed by atoms with Crippen LogP contribution in [-0.4, -0.2) is 160 Å². The van der Waals surface area contributed by atoms with Gasteiger partial charge in [0.2, 0.25) is 41.4 Å². The van der Waals surface area contributed by atoms with E-state index in [-0.39, 0.29) is 88.0 Å². The molecule has 440 valence electrons. The number of carboxylic acid groups (broad SMARTS) is 1. The summed E-state index contributed by atoms with van der Waals surface area (Å²) >= 11 is 0. The predicted octanol–water partition coefficient (Wildman–Crippen LogP) is -3.62. The Labute approximate surface area is 459 Å². The molecule has 29 heteroatoms. The van der Waals surface area contributed by atoms with Gasteiger partial charge in [0.25, 0.3) is 0 Å². The van der Waals surface area contributed by atoms with Gasteiger partial charge in [0, 0.05) is 38.3 Å². The summed E-state index contributed by atoms with van der Waals surface area (Å²) in [6, 6.07) is -3.45. The molecule has 22 N–H and O–H groups in total. The molecule has 0 fully saturated rings. The molecule has 1 aromatic heterocycles. The third-order valence-electron chi connectivity index (χ3n) is 12.3. The number of carbonyl (C=O) groups is 9. The Balaban J connectivity index is 2.50. The summed E-state index contributed by atoms with van der Waals surface area (Å²) in [4.78, 5) is 137. The summed E-state index contributed by atoms with van der Waals surface area (Å²) < 4.78 is 5.38. The number of imidazole rings is 1. The van der Waals surface area contributed by atoms with E-state index in [2.05, 4.69) is 57.2 Å². The maximum atomic E-state index is 14.4. The highest BCUT2D eigenvalue weighted by Gasteiger charge is 2.39. The van der Waals surface area contributed by atoms with Crippen LogP contribution >= 0.6 is 0 Å². The summed E-state index contributed by atoms with van der Waals surface area (Å²) in [7, 11) is 0. The number of rotatable bonds is 37. The Bertz CT molecular complexity index is 2330. The molecule has 0 saturated heterocycles. The molecule has 2 aromatic rings. The zero-order valence-electron chi connectivity index (χ0n) is 45.6. The molecule has 29 nitrogen and oxygen atoms in total. The first-order valence-corrected chi connectivity index (χ1v) is 26.1. The minimum atomic E-state index is -1.79. The molecule has 79 heavy (non-hydrogen) atoms. The number of carboxylic acids is 1. The lowest BCUT2D eigenvalue weighted by molar-refractivity contribution is -0.156. The van der Waals surface area contributed by atoms with E-state index in [4.69, 9.17) is 39.1 Å². The fourth-order valence-electron chi connectivity index (χ4n) is 7.91. The molecule has 2 rings (SSSR count). The molecule has 0 unspecified atom stereocenters. The van der Waals surface area contributed by atoms with Crippen molar-refractivity contribution in [2.24, 2.45) is 56.2 Å². The van der Waals surface area contributed by atoms with Gasteiger partial charge in [0.05, 0.1) is 19.0 Å². The van der Waals surface area contributed by atoms with E-state index in [0.29, 0.717) is 25.0 Å². The van der Waals surface area contributed by atoms with Crippen molar-refractivity contribution in [1.29, 1.82) is 0 Å². The highest BCUT2D eigenvalue weighted by molar-refractivity contribution is 5.98. The smallest absolute Gasteiger partial charge is 0.330 e. The molecule has 0 radical (unpaired) electrons. The molecule has 0 aliphatic rings. The van der Waals surface area contributed by atoms with Crippen LogP contribution in [0.1, 0.15) is 110 Å². The lowest BCUT2D eigenvalue weighted by Crippen LogP contribution is -2.61. The average molecular weight is 1110 g/mol. The van der Waals surface area contributed by atoms with Crippen molar-refractivity contribution in [2.45, 2.75) is 153 Å². The molecule has 0 aliphatic carbocycles. The van der Waals surface area contributed by atoms with Gasteiger partial charge in [0.15, 0.2) is 24.1 Å². The first-order valence-electron chi connectivity index (χ1n) is 26.1. The van der Waals surface area contributed by atoms with Gasteiger partial charge in [-0.25, -0.2) is 9.78 Å². The zero-order valence-corrected chi connectivity index (χ0v) is 45.6. The number of nitrogens with two attached hydrogens (primary N) is 6. The number of hydrogen-bond acceptors (Lipinski definition) is 16. The van der Waals surface area contributed by atoms with Crippen molar-refractivity contribution < 1.29 is 58.1 Å². The number of aliphatic hydroxyl groups excluding tert-OH is 1. The molecule has 10 atom stereocenters. The van der Waals surface area contributed by atoms with E-state index < -0.39 is 120 Å². The normalized spacial score (nSPS) is 14.8. The molecular weight excluding hydrogens is 1030 g/mol. The summed E-state index contributed by atoms with van der Waals surface area (Å²) in [5.41, 5.74) is 34.7. The number of aliphatic carboxylic acids is 1. The number of aliphatic imine (C=N–C) groups is 2. The van der Waals surface area contributed by atoms with E-state index in [1.807, 2.05) is 0 Å². The minimum absolute atomic E-state index is 0.000148. The third kappa shape index (κ3) is 25.0. The maximum Gasteiger partial charge on any atom is 0.330 e. The number of hydrogen-bond donors (Lipinski definition) is 16. The van der Waals surface area contributed by atoms with Gasteiger partial charge in [-0.05, 0) is 75.3 Å². The van der Waals surface area contributed by atoms with Gasteiger partial charge in [0.1, 0.15) is 36.3 Å². The van der Waals surface area contributed by atoms with E-state index in [9.17, 15) is 53.4 Å². The fourth-order valence-corrected chi connectivity index (χ4v) is 7.91. The van der Waals surface area contributed by atoms with Gasteiger partial charge in [-0.1, -0.05) is 64.4 Å². The molecule has 0 bridgehead atoms. The number of nitrogens with zero attached hydrogens (tertiary/aromatic N) is 3. The Morgan fingerprint density at radius 2 is 1.14 bits per heavy atom. The number of guanidine groups is 2. The van der Waals surface area contributed by atoms with Crippen LogP contribution in [0.25, 0.3) is 0 Å². The zero-order chi connectivity index (χ0) is 59.2. The number of benzene rings is 1. The summed E-state index contributed by atoms with van der Waals surface area (Å²) in [5.74, 6) is -9.74. The lowest BCUT2D eigenvalue weighted by Gasteiger charge is -2.31. The van der Waals surface area contributed by atoms with Crippen LogP contribution in [0, 0.1) is 11.8 Å². The number of carbonyl (C=O) groups excluding carboxylic acids is 8. The maximum absolute atomic E-state index is 14.4. The summed E-state index contributed by atoms with van der Waals surface area (Å²) in [6.45, 7) is 7.42. The fraction of sp³-hybridized carbons (Fsp3) is 0.600. The third-order valence-corrected chi connectivity index (χ3v) is 12.3. The van der Waals surface area contributed by atoms with Crippen LogP contribution in [0.4, 0.5) is 0 Å². The first-order chi connectivity index (χ1) is 37.4. The van der Waals surface area contributed by atoms with E-state index >= 15 is 0 Å². The Morgan fingerprint density at radius 1 is 0.658 bits per heavy atom. The number of aromatic amines is 1. The second kappa shape index (κ2) is 35.5. The number of amides is 7. The monoisotopic (exact) mass is 1110 g/mol. The Morgan fingerprint density at radius 3 is 1.58 bits per heavy atom. The van der Waals surface area contributed by atoms with E-state index in [1.165, 1.54) is 24.7 Å². The van der Waals surface area contributed by atoms with Crippen LogP contribution in [0.2, 0.25) is 0 Å². The molecule has 0 aliphatic heterocycles. The number of aromatic nitrogens is 2. The number of esters is 1. The quantitative estimate of drug-likeness (QED) is 0.0134. The minimum Gasteiger partial charge on any atom is -0.480 e. The van der Waals surface area contributed by atoms with Crippen LogP contribution in [-0.2, 0) is 54.3 Å². The second-order valence-electron chi connectivity index (χ2n) is 19.3. The largest absolute Gasteiger partial charge is 0.480 e. The summed E-state index contributed by atoms with van der Waals surface area (Å²) in [5, 5.41) is 38.5. The number of ether oxygens (including phenoxy) is 1. The van der Waals surface area contributed by atoms with Gasteiger partial charge in [-0.3, -0.25) is 48.3 Å². The topological polar surface area (TPSA) is 497 Å². The number of unbranched alkanes of at least 4 members (excludes halogenated alkanes) is 1. The van der Waals surface area contributed by atoms with Crippen molar-refractivity contribution in [3.63, 3.8) is 0 Å². The molecule has 0 spiro atoms. The van der Waals surface area contributed by atoms with Crippen molar-refractivity contribution in [2.75, 3.05) is 26.2 Å². The van der Waals surface area contributed by atoms with E-state index in [1.54, 1.807) is 45.9 Å². The summed E-state index contributed by atoms with van der Waals surface area (Å²) in [6.07, 6.45) is 2.53. The van der Waals surface area contributed by atoms with Gasteiger partial charge in [-0.15, -0.1) is 0 Å². The number of aliphatic hydroxyl groups is 1. The Hall–Kier alpha value is -7.92. The van der Waals surface area contributed by atoms with Crippen LogP contribution in [0.15, 0.2) is 52.8 Å². The van der Waals surface area contributed by atoms with Crippen molar-refractivity contribution in [1.82, 2.24) is 47.2 Å². The van der Waals surface area contributed by atoms with Crippen molar-refractivity contribution >= 4 is 65.2 Å². The first kappa shape index (κ1) is 67.2. The molecule has 0 saturated carbocycles. The molecule has 1 aromatic carbocycles. The van der Waals surface area contributed by atoms with Crippen LogP contribution in [0.3, 0.4) is 0 Å². The molecule has 7 amide bonds. The van der Waals surface area contributed by atoms with Gasteiger partial charge in [-0.2, -0.15) is 0 Å². The number of nitrogens with one attached hydrogen (secondary N) is 8. The Kier molecular flexibility index (Phi) is 30.2. The SMILES string of the molecule is CC[C@H](C)[C@H](NC(=O)[C@H](CC(C)C)NC(=O)[C@H](CCCN=C(N)N)NC(=O)[C@H](CCCN=C(N)N)NC(=O)[C@H](CCCCN)NC(=O)[C@H](CO)NC(=O)[C@@H](N)Cc1cnc[nH]1)C(=O)N[C@@H](C(=O)O)[C@@H](OC(C)=O)c1ccccc1. The molecular formula is C50H83N17O12. The van der Waals surface area contributed by atoms with Gasteiger partial charge < -0.3 is 91.6 Å². The second-order valence-corrected chi connectivity index (χ2v) is 19.3. The highest BCUT2D eigenvalue weighted by atomic mass is 16.5. The standard InChI is InChI=1S/C50H83N17O12/c1-6-28(4)38(47(76)67-39(48(77)78)40(79-29(5)69)30-14-8-7-9-15-30)66-45(74)36(22-27(2)3)64-44(73)35(18-13-21-59-50(55)56)62-43(72)34(17-12-20-58-49(53)54)61-42(71)33(16-10-11-19-51)63-46(75)37(25-68)65-41(70)32(52)23-31-24-57-26-60-31/h7-9,14-15,24,26-28,32-40,68H,6,10-13,16-23,25,51-52H2,1-5H3,(H,57,60)(H,61,71)(H,62,72)(H,63,75)(H,64,73)(H,65,70)(H,66,74)(H,67,76)(H,77,78)(H4,53,54,58)(H4,55,56,59)/t28-,32-,33-,34-,35-,36-,37-,38-,39+,40-/m0/s1. The van der Waals surface area contributed by atoms with Crippen LogP contribution < -0.4 is 71.6 Å². The lowest BCUT2D eigenvalue weighted by atomic mass is 9.95. The highest BCUT2D eigenvalue weighted by Crippen LogP contribution is 2.23. The van der Waals surface area contributed by atoms with Crippen LogP contribution in [0.5, 0.6) is 0 Å². The number of H-pyrrole nitrogens is 1. The average Bonchev–Trinajstić information content (AvgIpc) is 3.93. The van der Waals surface area contributed by atoms with Gasteiger partial charge >= 0.3 is 11.9 Å². The van der Waals surface area contributed by atoms with Crippen molar-refractivity contribution in [3.05, 3.63) is 54.1 Å². The predicted molar refractivity (Wildman–Crippen MR) is 291 cm³/mol. The molecule has 1 heterocycles. The van der Waals surface area contributed by atoms with E-state index in [0.717, 1.165) is 6.92 Å².